The third kappa shape index (κ3) is 1.64. The predicted octanol–water partition coefficient (Wildman–Crippen LogP) is 0.912. The summed E-state index contributed by atoms with van der Waals surface area (Å²) in [7, 11) is 1.61. The molecule has 4 nitrogen and oxygen atoms in total. The maximum absolute atomic E-state index is 14.1. The molecule has 0 aromatic heterocycles. The molecule has 0 saturated carbocycles. The lowest BCUT2D eigenvalue weighted by Crippen LogP contribution is -2.60. The van der Waals surface area contributed by atoms with Crippen LogP contribution in [-0.2, 0) is 10.3 Å². The molecule has 2 atom stereocenters. The van der Waals surface area contributed by atoms with E-state index >= 15 is 0 Å². The summed E-state index contributed by atoms with van der Waals surface area (Å²) in [5, 5.41) is 6.18. The van der Waals surface area contributed by atoms with E-state index in [1.807, 2.05) is 0 Å². The molecule has 2 fully saturated rings. The molecule has 0 unspecified atom stereocenters. The highest BCUT2D eigenvalue weighted by Gasteiger charge is 2.54. The first-order valence-electron chi connectivity index (χ1n) is 6.36. The molecular weight excluding hydrogens is 264 g/mol. The van der Waals surface area contributed by atoms with Crippen molar-refractivity contribution in [3.05, 3.63) is 47.8 Å². The fourth-order valence-electron chi connectivity index (χ4n) is 3.04. The molecule has 3 rings (SSSR count). The Morgan fingerprint density at radius 3 is 2.95 bits per heavy atom. The average molecular weight is 279 g/mol. The second kappa shape index (κ2) is 4.28. The molecule has 0 aliphatic carbocycles. The van der Waals surface area contributed by atoms with Gasteiger partial charge in [-0.15, -0.1) is 0 Å². The molecule has 0 bridgehead atoms. The molecule has 2 aliphatic rings. The number of carbonyl (C=O) groups excluding carboxylic acids is 1. The topological polar surface area (TPSA) is 44.4 Å². The third-order valence-corrected chi connectivity index (χ3v) is 4.16. The normalized spacial score (nSPS) is 29.4. The van der Waals surface area contributed by atoms with Gasteiger partial charge in [-0.1, -0.05) is 6.58 Å². The van der Waals surface area contributed by atoms with E-state index in [2.05, 4.69) is 17.2 Å². The van der Waals surface area contributed by atoms with Crippen LogP contribution in [0.1, 0.15) is 5.56 Å². The summed E-state index contributed by atoms with van der Waals surface area (Å²) in [5.74, 6) is -1.31. The first-order valence-corrected chi connectivity index (χ1v) is 6.36. The summed E-state index contributed by atoms with van der Waals surface area (Å²) >= 11 is 0. The second-order valence-corrected chi connectivity index (χ2v) is 5.25. The van der Waals surface area contributed by atoms with Gasteiger partial charge in [0.2, 0.25) is 5.91 Å². The molecule has 106 valence electrons. The van der Waals surface area contributed by atoms with Gasteiger partial charge in [0.25, 0.3) is 0 Å². The Balaban J connectivity index is 2.16. The van der Waals surface area contributed by atoms with Gasteiger partial charge in [0, 0.05) is 25.7 Å². The maximum atomic E-state index is 14.1. The number of nitrogens with zero attached hydrogens (tertiary/aromatic N) is 1. The van der Waals surface area contributed by atoms with Crippen molar-refractivity contribution < 1.29 is 13.6 Å². The Morgan fingerprint density at radius 1 is 1.45 bits per heavy atom. The number of rotatable bonds is 1. The van der Waals surface area contributed by atoms with E-state index in [9.17, 15) is 13.6 Å². The van der Waals surface area contributed by atoms with Crippen LogP contribution in [0.5, 0.6) is 0 Å². The molecule has 2 heterocycles. The second-order valence-electron chi connectivity index (χ2n) is 5.25. The Labute approximate surface area is 115 Å². The van der Waals surface area contributed by atoms with Crippen LogP contribution in [0.2, 0.25) is 0 Å². The summed E-state index contributed by atoms with van der Waals surface area (Å²) in [4.78, 5) is 13.8. The van der Waals surface area contributed by atoms with E-state index in [0.29, 0.717) is 18.9 Å². The molecule has 2 aliphatic heterocycles. The van der Waals surface area contributed by atoms with Crippen LogP contribution in [0.4, 0.5) is 8.78 Å². The number of hydrogen-bond donors (Lipinski definition) is 2. The van der Waals surface area contributed by atoms with Gasteiger partial charge in [-0.2, -0.15) is 0 Å². The minimum absolute atomic E-state index is 0.151. The maximum Gasteiger partial charge on any atom is 0.234 e. The van der Waals surface area contributed by atoms with Crippen LogP contribution in [0.25, 0.3) is 0 Å². The van der Waals surface area contributed by atoms with Crippen LogP contribution < -0.4 is 10.6 Å². The summed E-state index contributed by atoms with van der Waals surface area (Å²) < 4.78 is 27.6. The van der Waals surface area contributed by atoms with Crippen LogP contribution in [0, 0.1) is 17.6 Å². The van der Waals surface area contributed by atoms with Gasteiger partial charge in [-0.3, -0.25) is 4.79 Å². The molecule has 0 spiro atoms. The van der Waals surface area contributed by atoms with Gasteiger partial charge in [0.15, 0.2) is 0 Å². The molecule has 2 saturated heterocycles. The van der Waals surface area contributed by atoms with Crippen LogP contribution in [-0.4, -0.2) is 30.9 Å². The monoisotopic (exact) mass is 279 g/mol. The van der Waals surface area contributed by atoms with Crippen molar-refractivity contribution in [3.8, 4) is 0 Å². The van der Waals surface area contributed by atoms with Crippen LogP contribution in [0.3, 0.4) is 0 Å². The molecule has 1 amide bonds. The zero-order valence-electron chi connectivity index (χ0n) is 11.0. The average Bonchev–Trinajstić information content (AvgIpc) is 2.84. The first kappa shape index (κ1) is 13.1. The Bertz CT molecular complexity index is 604. The Kier molecular flexibility index (Phi) is 2.79. The van der Waals surface area contributed by atoms with Crippen molar-refractivity contribution in [1.82, 2.24) is 15.5 Å². The Hall–Kier alpha value is -1.95. The summed E-state index contributed by atoms with van der Waals surface area (Å²) in [6.45, 7) is 4.54. The zero-order valence-corrected chi connectivity index (χ0v) is 11.0. The SMILES string of the molecule is C=C1N[C@@]2(c3cc(F)ccc3F)CNC[C@H]2C(=O)N1C. The van der Waals surface area contributed by atoms with E-state index in [4.69, 9.17) is 0 Å². The van der Waals surface area contributed by atoms with Crippen molar-refractivity contribution in [2.24, 2.45) is 5.92 Å². The first-order chi connectivity index (χ1) is 9.45. The number of nitrogens with one attached hydrogen (secondary N) is 2. The predicted molar refractivity (Wildman–Crippen MR) is 69.4 cm³/mol. The van der Waals surface area contributed by atoms with Gasteiger partial charge < -0.3 is 15.5 Å². The van der Waals surface area contributed by atoms with Crippen molar-refractivity contribution in [2.75, 3.05) is 20.1 Å². The lowest BCUT2D eigenvalue weighted by Gasteiger charge is -2.44. The van der Waals surface area contributed by atoms with Gasteiger partial charge in [-0.25, -0.2) is 8.78 Å². The molecule has 6 heteroatoms. The van der Waals surface area contributed by atoms with Crippen LogP contribution in [0.15, 0.2) is 30.6 Å². The van der Waals surface area contributed by atoms with Gasteiger partial charge in [-0.05, 0) is 18.2 Å². The molecular formula is C14H15F2N3O. The number of benzene rings is 1. The largest absolute Gasteiger partial charge is 0.360 e. The lowest BCUT2D eigenvalue weighted by atomic mass is 9.78. The molecule has 20 heavy (non-hydrogen) atoms. The fraction of sp³-hybridized carbons (Fsp3) is 0.357. The van der Waals surface area contributed by atoms with Crippen molar-refractivity contribution in [3.63, 3.8) is 0 Å². The smallest absolute Gasteiger partial charge is 0.234 e. The molecule has 1 aromatic rings. The molecule has 0 radical (unpaired) electrons. The van der Waals surface area contributed by atoms with E-state index in [0.717, 1.165) is 18.2 Å². The number of amides is 1. The molecule has 2 N–H and O–H groups in total. The Morgan fingerprint density at radius 2 is 2.20 bits per heavy atom. The van der Waals surface area contributed by atoms with E-state index in [-0.39, 0.29) is 11.5 Å². The minimum Gasteiger partial charge on any atom is -0.360 e. The fourth-order valence-corrected chi connectivity index (χ4v) is 3.04. The summed E-state index contributed by atoms with van der Waals surface area (Å²) in [6, 6.07) is 3.30. The van der Waals surface area contributed by atoms with Crippen molar-refractivity contribution in [2.45, 2.75) is 5.54 Å². The van der Waals surface area contributed by atoms with Crippen LogP contribution >= 0.6 is 0 Å². The number of halogens is 2. The summed E-state index contributed by atoms with van der Waals surface area (Å²) in [6.07, 6.45) is 0. The van der Waals surface area contributed by atoms with E-state index in [1.54, 1.807) is 7.05 Å². The minimum atomic E-state index is -0.979. The molecule has 1 aromatic carbocycles. The van der Waals surface area contributed by atoms with Gasteiger partial charge >= 0.3 is 0 Å². The number of carbonyl (C=O) groups is 1. The van der Waals surface area contributed by atoms with E-state index in [1.165, 1.54) is 4.90 Å². The highest BCUT2D eigenvalue weighted by molar-refractivity contribution is 5.84. The number of hydrogen-bond acceptors (Lipinski definition) is 3. The van der Waals surface area contributed by atoms with Gasteiger partial charge in [0.05, 0.1) is 11.5 Å². The lowest BCUT2D eigenvalue weighted by molar-refractivity contribution is -0.137. The van der Waals surface area contributed by atoms with Crippen molar-refractivity contribution in [1.29, 1.82) is 0 Å². The number of fused-ring (bicyclic) bond motifs is 1. The quantitative estimate of drug-likeness (QED) is 0.803. The highest BCUT2D eigenvalue weighted by atomic mass is 19.1. The van der Waals surface area contributed by atoms with E-state index < -0.39 is 23.1 Å². The third-order valence-electron chi connectivity index (χ3n) is 4.16. The van der Waals surface area contributed by atoms with Gasteiger partial charge in [0.1, 0.15) is 17.5 Å². The summed E-state index contributed by atoms with van der Waals surface area (Å²) in [5.41, 5.74) is -0.817. The standard InChI is InChI=1S/C14H15F2N3O/c1-8-18-14(10-5-9(15)3-4-12(10)16)7-17-6-11(14)13(20)19(8)2/h3-5,11,17-18H,1,6-7H2,2H3/t11-,14+/m0/s1. The zero-order chi connectivity index (χ0) is 14.5. The van der Waals surface area contributed by atoms with Crippen molar-refractivity contribution >= 4 is 5.91 Å². The highest BCUT2D eigenvalue weighted by Crippen LogP contribution is 2.39.